The Bertz CT molecular complexity index is 902. The van der Waals surface area contributed by atoms with Crippen molar-refractivity contribution >= 4 is 29.8 Å². The number of hydrogen-bond acceptors (Lipinski definition) is 7. The maximum Gasteiger partial charge on any atom is 0.407 e. The van der Waals surface area contributed by atoms with Crippen molar-refractivity contribution in [1.82, 2.24) is 25.9 Å². The van der Waals surface area contributed by atoms with Crippen LogP contribution in [0, 0.1) is 5.41 Å². The van der Waals surface area contributed by atoms with Crippen LogP contribution in [-0.2, 0) is 14.4 Å². The van der Waals surface area contributed by atoms with E-state index in [2.05, 4.69) is 16.0 Å². The molecule has 0 saturated carbocycles. The third-order valence-corrected chi connectivity index (χ3v) is 5.39. The summed E-state index contributed by atoms with van der Waals surface area (Å²) in [6.07, 6.45) is 2.25. The summed E-state index contributed by atoms with van der Waals surface area (Å²) in [7, 11) is 3.51. The van der Waals surface area contributed by atoms with Crippen LogP contribution in [-0.4, -0.2) is 86.2 Å². The molecule has 0 fully saturated rings. The molecule has 1 atom stereocenters. The molecule has 12 nitrogen and oxygen atoms in total. The summed E-state index contributed by atoms with van der Waals surface area (Å²) in [5.41, 5.74) is 0.672. The zero-order chi connectivity index (χ0) is 26.5. The van der Waals surface area contributed by atoms with Crippen molar-refractivity contribution in [3.8, 4) is 0 Å². The highest BCUT2D eigenvalue weighted by Crippen LogP contribution is 2.22. The van der Waals surface area contributed by atoms with E-state index in [4.69, 9.17) is 15.0 Å². The lowest BCUT2D eigenvalue weighted by Crippen LogP contribution is -2.47. The number of benzene rings is 1. The molecule has 0 aliphatic carbocycles. The number of unbranched alkanes of at least 4 members (excludes halogenated alkanes) is 2. The molecule has 0 bridgehead atoms. The Morgan fingerprint density at radius 1 is 1.00 bits per heavy atom. The Kier molecular flexibility index (Phi) is 11.6. The Balaban J connectivity index is 1.67. The molecule has 1 aromatic carbocycles. The minimum absolute atomic E-state index is 0.196. The van der Waals surface area contributed by atoms with Gasteiger partial charge in [-0.1, -0.05) is 12.1 Å². The minimum Gasteiger partial charge on any atom is -0.450 e. The number of carbonyl (C=O) groups excluding carboxylic acids is 4. The highest BCUT2D eigenvalue weighted by atomic mass is 16.7. The van der Waals surface area contributed by atoms with Crippen molar-refractivity contribution in [2.24, 2.45) is 0 Å². The van der Waals surface area contributed by atoms with Crippen LogP contribution in [0.2, 0.25) is 0 Å². The summed E-state index contributed by atoms with van der Waals surface area (Å²) in [4.78, 5) is 56.0. The van der Waals surface area contributed by atoms with Gasteiger partial charge in [0.2, 0.25) is 5.91 Å². The molecular weight excluding hydrogens is 468 g/mol. The van der Waals surface area contributed by atoms with Crippen LogP contribution in [0.1, 0.15) is 59.7 Å². The molecule has 0 aromatic heterocycles. The van der Waals surface area contributed by atoms with E-state index in [-0.39, 0.29) is 25.1 Å². The lowest BCUT2D eigenvalue weighted by atomic mass is 10.1. The van der Waals surface area contributed by atoms with Crippen LogP contribution >= 0.6 is 0 Å². The number of fused-ring (bicyclic) bond motifs is 1. The first-order chi connectivity index (χ1) is 17.3. The molecule has 1 aliphatic rings. The maximum absolute atomic E-state index is 12.6. The fourth-order valence-corrected chi connectivity index (χ4v) is 3.43. The van der Waals surface area contributed by atoms with Crippen LogP contribution in [0.15, 0.2) is 24.3 Å². The first-order valence-corrected chi connectivity index (χ1v) is 12.1. The van der Waals surface area contributed by atoms with Gasteiger partial charge in [-0.3, -0.25) is 24.6 Å². The number of nitrogens with one attached hydrogen (secondary N) is 4. The molecule has 4 N–H and O–H groups in total. The van der Waals surface area contributed by atoms with Gasteiger partial charge in [0.1, 0.15) is 6.04 Å². The molecule has 0 radical (unpaired) electrons. The Morgan fingerprint density at radius 2 is 1.64 bits per heavy atom. The number of carbonyl (C=O) groups is 4. The number of hydrogen-bond donors (Lipinski definition) is 4. The van der Waals surface area contributed by atoms with Crippen LogP contribution < -0.4 is 16.0 Å². The molecule has 0 unspecified atom stereocenters. The Hall–Kier alpha value is -3.67. The van der Waals surface area contributed by atoms with Crippen LogP contribution in [0.25, 0.3) is 0 Å². The largest absolute Gasteiger partial charge is 0.450 e. The lowest BCUT2D eigenvalue weighted by molar-refractivity contribution is -0.123. The van der Waals surface area contributed by atoms with Crippen molar-refractivity contribution in [3.05, 3.63) is 35.4 Å². The van der Waals surface area contributed by atoms with Gasteiger partial charge in [0.15, 0.2) is 5.96 Å². The number of hydroxylamine groups is 2. The molecular formula is C24H36N6O6. The molecule has 2 rings (SSSR count). The smallest absolute Gasteiger partial charge is 0.407 e. The second-order valence-electron chi connectivity index (χ2n) is 8.36. The van der Waals surface area contributed by atoms with Crippen molar-refractivity contribution in [2.45, 2.75) is 45.1 Å². The lowest BCUT2D eigenvalue weighted by Gasteiger charge is -2.19. The summed E-state index contributed by atoms with van der Waals surface area (Å²) >= 11 is 0. The van der Waals surface area contributed by atoms with Crippen LogP contribution in [0.4, 0.5) is 4.79 Å². The maximum atomic E-state index is 12.6. The number of guanidine groups is 1. The fourth-order valence-electron chi connectivity index (χ4n) is 3.43. The van der Waals surface area contributed by atoms with E-state index >= 15 is 0 Å². The van der Waals surface area contributed by atoms with Gasteiger partial charge in [-0.2, -0.15) is 0 Å². The molecule has 198 valence electrons. The van der Waals surface area contributed by atoms with E-state index < -0.39 is 23.9 Å². The van der Waals surface area contributed by atoms with Gasteiger partial charge < -0.3 is 25.6 Å². The number of ether oxygens (including phenoxy) is 1. The second-order valence-corrected chi connectivity index (χ2v) is 8.36. The van der Waals surface area contributed by atoms with Gasteiger partial charge in [-0.15, -0.1) is 5.06 Å². The SMILES string of the molecule is CCOC(=O)N[C@@H](CCCNC(=N)N(C)C)C(=O)NCCCCCON1C(=O)c2ccccc2C1=O. The predicted octanol–water partition coefficient (Wildman–Crippen LogP) is 1.48. The number of alkyl carbamates (subject to hydrolysis) is 1. The van der Waals surface area contributed by atoms with Crippen molar-refractivity contribution in [3.63, 3.8) is 0 Å². The van der Waals surface area contributed by atoms with Crippen LogP contribution in [0.5, 0.6) is 0 Å². The highest BCUT2D eigenvalue weighted by Gasteiger charge is 2.36. The van der Waals surface area contributed by atoms with Gasteiger partial charge >= 0.3 is 6.09 Å². The molecule has 1 heterocycles. The summed E-state index contributed by atoms with van der Waals surface area (Å²) in [6, 6.07) is 5.83. The zero-order valence-corrected chi connectivity index (χ0v) is 21.1. The standard InChI is InChI=1S/C24H36N6O6/c1-4-35-24(34)28-19(13-10-15-27-23(25)29(2)3)20(31)26-14-8-5-9-16-36-30-21(32)17-11-6-7-12-18(17)22(30)33/h6-7,11-12,19H,4-5,8-10,13-16H2,1-3H3,(H2,25,27)(H,26,31)(H,28,34)/t19-/m0/s1. The topological polar surface area (TPSA) is 153 Å². The average molecular weight is 505 g/mol. The van der Waals surface area contributed by atoms with Gasteiger partial charge in [-0.05, 0) is 51.2 Å². The molecule has 1 aromatic rings. The molecule has 0 spiro atoms. The highest BCUT2D eigenvalue weighted by molar-refractivity contribution is 6.20. The summed E-state index contributed by atoms with van der Waals surface area (Å²) in [6.45, 7) is 2.96. The number of amides is 4. The predicted molar refractivity (Wildman–Crippen MR) is 132 cm³/mol. The fraction of sp³-hybridized carbons (Fsp3) is 0.542. The summed E-state index contributed by atoms with van der Waals surface area (Å²) < 4.78 is 4.89. The van der Waals surface area contributed by atoms with E-state index in [9.17, 15) is 19.2 Å². The van der Waals surface area contributed by atoms with Crippen LogP contribution in [0.3, 0.4) is 0 Å². The number of nitrogens with zero attached hydrogens (tertiary/aromatic N) is 2. The molecule has 36 heavy (non-hydrogen) atoms. The van der Waals surface area contributed by atoms with Gasteiger partial charge in [0.05, 0.1) is 24.3 Å². The average Bonchev–Trinajstić information content (AvgIpc) is 3.09. The first kappa shape index (κ1) is 28.6. The number of rotatable bonds is 14. The van der Waals surface area contributed by atoms with E-state index in [1.807, 2.05) is 0 Å². The zero-order valence-electron chi connectivity index (χ0n) is 21.1. The third kappa shape index (κ3) is 8.52. The Labute approximate surface area is 211 Å². The molecule has 0 saturated heterocycles. The van der Waals surface area contributed by atoms with E-state index in [1.54, 1.807) is 50.2 Å². The quantitative estimate of drug-likeness (QED) is 0.129. The van der Waals surface area contributed by atoms with Gasteiger partial charge in [-0.25, -0.2) is 4.79 Å². The Morgan fingerprint density at radius 3 is 2.25 bits per heavy atom. The van der Waals surface area contributed by atoms with Crippen molar-refractivity contribution in [2.75, 3.05) is 40.4 Å². The first-order valence-electron chi connectivity index (χ1n) is 12.1. The summed E-state index contributed by atoms with van der Waals surface area (Å²) in [5.74, 6) is -0.970. The summed E-state index contributed by atoms with van der Waals surface area (Å²) in [5, 5.41) is 16.9. The van der Waals surface area contributed by atoms with E-state index in [0.717, 1.165) is 5.06 Å². The van der Waals surface area contributed by atoms with E-state index in [1.165, 1.54) is 0 Å². The monoisotopic (exact) mass is 504 g/mol. The van der Waals surface area contributed by atoms with Gasteiger partial charge in [0, 0.05) is 27.2 Å². The van der Waals surface area contributed by atoms with Crippen molar-refractivity contribution in [1.29, 1.82) is 5.41 Å². The van der Waals surface area contributed by atoms with Crippen molar-refractivity contribution < 1.29 is 28.8 Å². The van der Waals surface area contributed by atoms with Gasteiger partial charge in [0.25, 0.3) is 11.8 Å². The number of imide groups is 1. The molecule has 12 heteroatoms. The second kappa shape index (κ2) is 14.7. The minimum atomic E-state index is -0.753. The normalized spacial score (nSPS) is 13.1. The molecule has 1 aliphatic heterocycles. The third-order valence-electron chi connectivity index (χ3n) is 5.39. The molecule has 4 amide bonds. The van der Waals surface area contributed by atoms with E-state index in [0.29, 0.717) is 56.3 Å².